The van der Waals surface area contributed by atoms with Crippen molar-refractivity contribution in [2.75, 3.05) is 57.9 Å². The molecule has 1 aromatic carbocycles. The normalized spacial score (nSPS) is 13.8. The first-order chi connectivity index (χ1) is 17.9. The number of nitrogens with one attached hydrogen (secondary N) is 2. The number of hydrogen-bond acceptors (Lipinski definition) is 7. The summed E-state index contributed by atoms with van der Waals surface area (Å²) in [4.78, 5) is 41.7. The van der Waals surface area contributed by atoms with E-state index in [-0.39, 0.29) is 44.7 Å². The highest BCUT2D eigenvalue weighted by molar-refractivity contribution is 6.42. The molecule has 1 aliphatic rings. The van der Waals surface area contributed by atoms with Gasteiger partial charge in [-0.05, 0) is 39.0 Å². The zero-order chi connectivity index (χ0) is 28.1. The fourth-order valence-electron chi connectivity index (χ4n) is 3.11. The minimum absolute atomic E-state index is 0.138. The van der Waals surface area contributed by atoms with Gasteiger partial charge in [0, 0.05) is 37.3 Å². The maximum absolute atomic E-state index is 12.4. The molecule has 0 unspecified atom stereocenters. The third-order valence-corrected chi connectivity index (χ3v) is 5.67. The molecule has 1 aliphatic heterocycles. The average Bonchev–Trinajstić information content (AvgIpc) is 3.32. The van der Waals surface area contributed by atoms with Crippen LogP contribution in [0.4, 0.5) is 10.5 Å². The van der Waals surface area contributed by atoms with E-state index in [1.165, 1.54) is 4.90 Å². The summed E-state index contributed by atoms with van der Waals surface area (Å²) in [5.41, 5.74) is 6.51. The summed E-state index contributed by atoms with van der Waals surface area (Å²) in [6.07, 6.45) is 1.49. The summed E-state index contributed by atoms with van der Waals surface area (Å²) in [7, 11) is 0. The number of carbonyl (C=O) groups excluding carboxylic acids is 3. The average molecular weight is 572 g/mol. The highest BCUT2D eigenvalue weighted by atomic mass is 35.5. The quantitative estimate of drug-likeness (QED) is 0.186. The van der Waals surface area contributed by atoms with E-state index in [0.717, 1.165) is 5.69 Å². The van der Waals surface area contributed by atoms with Gasteiger partial charge < -0.3 is 35.5 Å². The van der Waals surface area contributed by atoms with Gasteiger partial charge in [0.15, 0.2) is 0 Å². The number of rotatable bonds is 13. The van der Waals surface area contributed by atoms with Crippen LogP contribution < -0.4 is 16.4 Å². The van der Waals surface area contributed by atoms with E-state index in [0.29, 0.717) is 41.7 Å². The van der Waals surface area contributed by atoms with Crippen LogP contribution in [0.5, 0.6) is 0 Å². The molecule has 3 amide bonds. The molecule has 1 heterocycles. The fourth-order valence-corrected chi connectivity index (χ4v) is 3.41. The molecule has 13 heteroatoms. The number of carbonyl (C=O) groups is 3. The standard InChI is InChI=1S/C25H35Cl2N5O6/c1-25(2,3)38-24(35)30-9-11-36-12-13-37-16-22(33)32-10-7-17(15-32)23(34)31-21(28)6-8-29-18-4-5-19(26)20(27)14-18/h4-5,7,14,29H,6,8-13,15-16H2,1-3H3,(H,30,35)(H2,28,31,34). The highest BCUT2D eigenvalue weighted by Crippen LogP contribution is 2.24. The summed E-state index contributed by atoms with van der Waals surface area (Å²) >= 11 is 11.9. The summed E-state index contributed by atoms with van der Waals surface area (Å²) in [6.45, 7) is 7.15. The maximum Gasteiger partial charge on any atom is 0.407 e. The van der Waals surface area contributed by atoms with E-state index in [9.17, 15) is 14.4 Å². The van der Waals surface area contributed by atoms with Gasteiger partial charge in [-0.3, -0.25) is 9.59 Å². The Morgan fingerprint density at radius 3 is 2.53 bits per heavy atom. The lowest BCUT2D eigenvalue weighted by molar-refractivity contribution is -0.135. The van der Waals surface area contributed by atoms with E-state index >= 15 is 0 Å². The van der Waals surface area contributed by atoms with Crippen molar-refractivity contribution in [3.63, 3.8) is 0 Å². The maximum atomic E-state index is 12.4. The van der Waals surface area contributed by atoms with E-state index in [2.05, 4.69) is 15.6 Å². The first-order valence-electron chi connectivity index (χ1n) is 12.1. The van der Waals surface area contributed by atoms with Gasteiger partial charge in [-0.25, -0.2) is 4.79 Å². The molecule has 38 heavy (non-hydrogen) atoms. The van der Waals surface area contributed by atoms with E-state index < -0.39 is 17.6 Å². The zero-order valence-electron chi connectivity index (χ0n) is 21.9. The Kier molecular flexibility index (Phi) is 12.8. The number of nitrogens with two attached hydrogens (primary N) is 1. The summed E-state index contributed by atoms with van der Waals surface area (Å²) in [6, 6.07) is 5.16. The van der Waals surface area contributed by atoms with Gasteiger partial charge in [0.05, 0.1) is 36.4 Å². The third-order valence-electron chi connectivity index (χ3n) is 4.93. The molecular weight excluding hydrogens is 537 g/mol. The van der Waals surface area contributed by atoms with Gasteiger partial charge >= 0.3 is 6.09 Å². The van der Waals surface area contributed by atoms with Crippen LogP contribution in [0, 0.1) is 0 Å². The molecule has 210 valence electrons. The van der Waals surface area contributed by atoms with Crippen LogP contribution in [0.25, 0.3) is 0 Å². The third kappa shape index (κ3) is 12.1. The van der Waals surface area contributed by atoms with Crippen LogP contribution in [-0.4, -0.2) is 86.9 Å². The van der Waals surface area contributed by atoms with Gasteiger partial charge in [-0.1, -0.05) is 29.3 Å². The van der Waals surface area contributed by atoms with Crippen molar-refractivity contribution in [1.82, 2.24) is 10.2 Å². The van der Waals surface area contributed by atoms with Crippen molar-refractivity contribution >= 4 is 52.6 Å². The number of halogens is 2. The summed E-state index contributed by atoms with van der Waals surface area (Å²) in [5, 5.41) is 6.61. The molecule has 0 atom stereocenters. The predicted octanol–water partition coefficient (Wildman–Crippen LogP) is 3.01. The molecular formula is C25H35Cl2N5O6. The Balaban J connectivity index is 1.57. The largest absolute Gasteiger partial charge is 0.444 e. The van der Waals surface area contributed by atoms with Crippen LogP contribution >= 0.6 is 23.2 Å². The van der Waals surface area contributed by atoms with Crippen LogP contribution in [0.15, 0.2) is 34.8 Å². The van der Waals surface area contributed by atoms with Crippen molar-refractivity contribution in [1.29, 1.82) is 0 Å². The van der Waals surface area contributed by atoms with Crippen LogP contribution in [-0.2, 0) is 23.8 Å². The molecule has 0 fully saturated rings. The number of anilines is 1. The molecule has 0 saturated carbocycles. The Hall–Kier alpha value is -2.86. The molecule has 2 rings (SSSR count). The fraction of sp³-hybridized carbons (Fsp3) is 0.520. The monoisotopic (exact) mass is 571 g/mol. The van der Waals surface area contributed by atoms with Crippen molar-refractivity contribution in [2.45, 2.75) is 32.8 Å². The van der Waals surface area contributed by atoms with Crippen molar-refractivity contribution in [3.05, 3.63) is 39.9 Å². The molecule has 4 N–H and O–H groups in total. The molecule has 0 radical (unpaired) electrons. The van der Waals surface area contributed by atoms with Crippen LogP contribution in [0.3, 0.4) is 0 Å². The smallest absolute Gasteiger partial charge is 0.407 e. The summed E-state index contributed by atoms with van der Waals surface area (Å²) in [5.74, 6) is -0.544. The van der Waals surface area contributed by atoms with Gasteiger partial charge in [0.2, 0.25) is 5.91 Å². The van der Waals surface area contributed by atoms with Crippen LogP contribution in [0.1, 0.15) is 27.2 Å². The second kappa shape index (κ2) is 15.5. The second-order valence-electron chi connectivity index (χ2n) is 9.31. The summed E-state index contributed by atoms with van der Waals surface area (Å²) < 4.78 is 15.8. The first-order valence-corrected chi connectivity index (χ1v) is 12.9. The van der Waals surface area contributed by atoms with E-state index in [4.69, 9.17) is 43.1 Å². The first kappa shape index (κ1) is 31.4. The SMILES string of the molecule is CC(C)(C)OC(=O)NCCOCCOCC(=O)N1CC=C(C(=O)N=C(N)CCNc2ccc(Cl)c(Cl)c2)C1. The Labute approximate surface area is 232 Å². The number of nitrogens with zero attached hydrogens (tertiary/aromatic N) is 2. The number of aliphatic imine (C=N–C) groups is 1. The highest BCUT2D eigenvalue weighted by Gasteiger charge is 2.23. The van der Waals surface area contributed by atoms with E-state index in [1.54, 1.807) is 45.0 Å². The number of benzene rings is 1. The molecule has 0 spiro atoms. The Morgan fingerprint density at radius 1 is 1.08 bits per heavy atom. The van der Waals surface area contributed by atoms with Gasteiger partial charge in [0.1, 0.15) is 18.0 Å². The lowest BCUT2D eigenvalue weighted by Gasteiger charge is -2.19. The Bertz CT molecular complexity index is 1040. The zero-order valence-corrected chi connectivity index (χ0v) is 23.4. The van der Waals surface area contributed by atoms with Crippen LogP contribution in [0.2, 0.25) is 10.0 Å². The number of hydrogen-bond donors (Lipinski definition) is 3. The minimum Gasteiger partial charge on any atom is -0.444 e. The Morgan fingerprint density at radius 2 is 1.82 bits per heavy atom. The molecule has 1 aromatic rings. The van der Waals surface area contributed by atoms with Crippen molar-refractivity contribution in [2.24, 2.45) is 10.7 Å². The van der Waals surface area contributed by atoms with Gasteiger partial charge in [-0.15, -0.1) is 0 Å². The molecule has 0 saturated heterocycles. The minimum atomic E-state index is -0.558. The van der Waals surface area contributed by atoms with E-state index in [1.807, 2.05) is 0 Å². The predicted molar refractivity (Wildman–Crippen MR) is 147 cm³/mol. The molecule has 0 aromatic heterocycles. The van der Waals surface area contributed by atoms with Crippen molar-refractivity contribution in [3.8, 4) is 0 Å². The molecule has 0 bridgehead atoms. The molecule has 0 aliphatic carbocycles. The number of amidine groups is 1. The number of ether oxygens (including phenoxy) is 3. The molecule has 11 nitrogen and oxygen atoms in total. The second-order valence-corrected chi connectivity index (χ2v) is 10.1. The lowest BCUT2D eigenvalue weighted by atomic mass is 10.2. The number of amides is 3. The van der Waals surface area contributed by atoms with Gasteiger partial charge in [-0.2, -0.15) is 4.99 Å². The van der Waals surface area contributed by atoms with Gasteiger partial charge in [0.25, 0.3) is 5.91 Å². The van der Waals surface area contributed by atoms with Crippen molar-refractivity contribution < 1.29 is 28.6 Å². The number of alkyl carbamates (subject to hydrolysis) is 1. The lowest BCUT2D eigenvalue weighted by Crippen LogP contribution is -2.34. The topological polar surface area (TPSA) is 145 Å².